The molecule has 2 nitrogen and oxygen atoms in total. The number of carbonyl (C=O) groups excluding carboxylic acids is 1. The summed E-state index contributed by atoms with van der Waals surface area (Å²) in [6.07, 6.45) is 2.72. The molecule has 12 heavy (non-hydrogen) atoms. The molecular weight excluding hydrogens is 152 g/mol. The molecule has 0 saturated carbocycles. The van der Waals surface area contributed by atoms with Crippen molar-refractivity contribution in [1.82, 2.24) is 0 Å². The molecule has 1 unspecified atom stereocenters. The van der Waals surface area contributed by atoms with Crippen LogP contribution in [0.15, 0.2) is 0 Å². The second-order valence-electron chi connectivity index (χ2n) is 4.67. The normalized spacial score (nSPS) is 30.2. The lowest BCUT2D eigenvalue weighted by Crippen LogP contribution is -2.27. The van der Waals surface area contributed by atoms with E-state index in [1.807, 2.05) is 0 Å². The summed E-state index contributed by atoms with van der Waals surface area (Å²) in [6.45, 7) is 7.10. The number of hydrogen-bond donors (Lipinski definition) is 0. The molecule has 0 aliphatic carbocycles. The van der Waals surface area contributed by atoms with Crippen LogP contribution in [0.25, 0.3) is 0 Å². The second-order valence-corrected chi connectivity index (χ2v) is 4.67. The zero-order valence-corrected chi connectivity index (χ0v) is 8.22. The lowest BCUT2D eigenvalue weighted by atomic mass is 9.82. The van der Waals surface area contributed by atoms with Gasteiger partial charge < -0.3 is 4.74 Å². The number of esters is 1. The summed E-state index contributed by atoms with van der Waals surface area (Å²) < 4.78 is 5.11. The van der Waals surface area contributed by atoms with E-state index in [1.54, 1.807) is 0 Å². The van der Waals surface area contributed by atoms with E-state index in [2.05, 4.69) is 20.8 Å². The van der Waals surface area contributed by atoms with Gasteiger partial charge in [0.1, 0.15) is 0 Å². The van der Waals surface area contributed by atoms with Crippen LogP contribution in [0, 0.1) is 11.3 Å². The van der Waals surface area contributed by atoms with Crippen LogP contribution >= 0.6 is 0 Å². The maximum absolute atomic E-state index is 11.0. The third-order valence-electron chi connectivity index (χ3n) is 2.37. The largest absolute Gasteiger partial charge is 0.465 e. The molecule has 1 aliphatic heterocycles. The van der Waals surface area contributed by atoms with Gasteiger partial charge in [-0.2, -0.15) is 0 Å². The maximum atomic E-state index is 11.0. The van der Waals surface area contributed by atoms with Crippen LogP contribution in [-0.2, 0) is 9.53 Å². The summed E-state index contributed by atoms with van der Waals surface area (Å²) >= 11 is 0. The molecule has 70 valence electrons. The molecule has 2 heteroatoms. The second kappa shape index (κ2) is 3.46. The Morgan fingerprint density at radius 1 is 1.50 bits per heavy atom. The SMILES string of the molecule is CC1CCC(=O)OCC(C)(C)C1. The highest BCUT2D eigenvalue weighted by molar-refractivity contribution is 5.69. The van der Waals surface area contributed by atoms with Gasteiger partial charge in [0, 0.05) is 6.42 Å². The predicted octanol–water partition coefficient (Wildman–Crippen LogP) is 2.38. The zero-order valence-electron chi connectivity index (χ0n) is 8.22. The number of carbonyl (C=O) groups is 1. The Morgan fingerprint density at radius 3 is 2.83 bits per heavy atom. The third kappa shape index (κ3) is 2.84. The van der Waals surface area contributed by atoms with E-state index >= 15 is 0 Å². The molecule has 0 aromatic rings. The molecule has 0 amide bonds. The minimum Gasteiger partial charge on any atom is -0.465 e. The van der Waals surface area contributed by atoms with E-state index in [9.17, 15) is 4.79 Å². The van der Waals surface area contributed by atoms with Crippen molar-refractivity contribution >= 4 is 5.97 Å². The summed E-state index contributed by atoms with van der Waals surface area (Å²) in [4.78, 5) is 11.0. The fraction of sp³-hybridized carbons (Fsp3) is 0.900. The molecular formula is C10H18O2. The van der Waals surface area contributed by atoms with Gasteiger partial charge in [-0.15, -0.1) is 0 Å². The molecule has 1 heterocycles. The van der Waals surface area contributed by atoms with Crippen LogP contribution in [0.5, 0.6) is 0 Å². The molecule has 0 bridgehead atoms. The number of ether oxygens (including phenoxy) is 1. The Balaban J connectivity index is 2.55. The molecule has 1 saturated heterocycles. The van der Waals surface area contributed by atoms with E-state index in [0.717, 1.165) is 12.8 Å². The Bertz CT molecular complexity index is 173. The van der Waals surface area contributed by atoms with Crippen molar-refractivity contribution in [3.05, 3.63) is 0 Å². The van der Waals surface area contributed by atoms with Gasteiger partial charge >= 0.3 is 5.97 Å². The molecule has 1 aliphatic rings. The van der Waals surface area contributed by atoms with Gasteiger partial charge in [-0.05, 0) is 24.2 Å². The standard InChI is InChI=1S/C10H18O2/c1-8-4-5-9(11)12-7-10(2,3)6-8/h8H,4-7H2,1-3H3. The molecule has 0 radical (unpaired) electrons. The summed E-state index contributed by atoms with van der Waals surface area (Å²) in [5, 5.41) is 0. The van der Waals surface area contributed by atoms with Crippen molar-refractivity contribution in [2.24, 2.45) is 11.3 Å². The lowest BCUT2D eigenvalue weighted by molar-refractivity contribution is -0.148. The summed E-state index contributed by atoms with van der Waals surface area (Å²) in [7, 11) is 0. The molecule has 1 rings (SSSR count). The highest BCUT2D eigenvalue weighted by Gasteiger charge is 2.25. The van der Waals surface area contributed by atoms with Crippen LogP contribution in [0.2, 0.25) is 0 Å². The predicted molar refractivity (Wildman–Crippen MR) is 47.8 cm³/mol. The topological polar surface area (TPSA) is 26.3 Å². The van der Waals surface area contributed by atoms with Crippen molar-refractivity contribution in [3.63, 3.8) is 0 Å². The minimum absolute atomic E-state index is 0.0328. The molecule has 1 atom stereocenters. The Hall–Kier alpha value is -0.530. The van der Waals surface area contributed by atoms with Crippen molar-refractivity contribution in [2.45, 2.75) is 40.0 Å². The summed E-state index contributed by atoms with van der Waals surface area (Å²) in [5.41, 5.74) is 0.162. The van der Waals surface area contributed by atoms with Crippen LogP contribution < -0.4 is 0 Å². The van der Waals surface area contributed by atoms with Gasteiger partial charge in [0.2, 0.25) is 0 Å². The van der Waals surface area contributed by atoms with Crippen molar-refractivity contribution in [1.29, 1.82) is 0 Å². The van der Waals surface area contributed by atoms with Gasteiger partial charge in [-0.1, -0.05) is 20.8 Å². The van der Waals surface area contributed by atoms with Gasteiger partial charge in [0.05, 0.1) is 6.61 Å². The lowest BCUT2D eigenvalue weighted by Gasteiger charge is -2.29. The first-order valence-corrected chi connectivity index (χ1v) is 4.65. The highest BCUT2D eigenvalue weighted by Crippen LogP contribution is 2.30. The zero-order chi connectivity index (χ0) is 9.19. The highest BCUT2D eigenvalue weighted by atomic mass is 16.5. The number of hydrogen-bond acceptors (Lipinski definition) is 2. The fourth-order valence-corrected chi connectivity index (χ4v) is 1.82. The summed E-state index contributed by atoms with van der Waals surface area (Å²) in [5.74, 6) is 0.613. The Morgan fingerprint density at radius 2 is 2.17 bits per heavy atom. The van der Waals surface area contributed by atoms with E-state index < -0.39 is 0 Å². The quantitative estimate of drug-likeness (QED) is 0.522. The first-order valence-electron chi connectivity index (χ1n) is 4.65. The van der Waals surface area contributed by atoms with Crippen LogP contribution in [0.1, 0.15) is 40.0 Å². The van der Waals surface area contributed by atoms with E-state index in [1.165, 1.54) is 0 Å². The molecule has 0 aromatic carbocycles. The van der Waals surface area contributed by atoms with Gasteiger partial charge in [-0.3, -0.25) is 4.79 Å². The Labute approximate surface area is 74.3 Å². The molecule has 0 spiro atoms. The number of cyclic esters (lactones) is 1. The van der Waals surface area contributed by atoms with Crippen LogP contribution in [0.4, 0.5) is 0 Å². The van der Waals surface area contributed by atoms with Crippen molar-refractivity contribution in [2.75, 3.05) is 6.61 Å². The minimum atomic E-state index is -0.0328. The first-order chi connectivity index (χ1) is 5.49. The fourth-order valence-electron chi connectivity index (χ4n) is 1.82. The van der Waals surface area contributed by atoms with E-state index in [-0.39, 0.29) is 11.4 Å². The van der Waals surface area contributed by atoms with Crippen molar-refractivity contribution < 1.29 is 9.53 Å². The van der Waals surface area contributed by atoms with Gasteiger partial charge in [-0.25, -0.2) is 0 Å². The van der Waals surface area contributed by atoms with Crippen LogP contribution in [0.3, 0.4) is 0 Å². The smallest absolute Gasteiger partial charge is 0.305 e. The summed E-state index contributed by atoms with van der Waals surface area (Å²) in [6, 6.07) is 0. The monoisotopic (exact) mass is 170 g/mol. The average Bonchev–Trinajstić information content (AvgIpc) is 1.95. The van der Waals surface area contributed by atoms with Crippen molar-refractivity contribution in [3.8, 4) is 0 Å². The molecule has 0 aromatic heterocycles. The maximum Gasteiger partial charge on any atom is 0.305 e. The van der Waals surface area contributed by atoms with E-state index in [4.69, 9.17) is 4.74 Å². The Kier molecular flexibility index (Phi) is 2.76. The first kappa shape index (κ1) is 9.56. The number of rotatable bonds is 0. The van der Waals surface area contributed by atoms with Gasteiger partial charge in [0.15, 0.2) is 0 Å². The molecule has 0 N–H and O–H groups in total. The van der Waals surface area contributed by atoms with Gasteiger partial charge in [0.25, 0.3) is 0 Å². The van der Waals surface area contributed by atoms with E-state index in [0.29, 0.717) is 18.9 Å². The molecule has 1 fully saturated rings. The third-order valence-corrected chi connectivity index (χ3v) is 2.37. The van der Waals surface area contributed by atoms with Crippen LogP contribution in [-0.4, -0.2) is 12.6 Å². The average molecular weight is 170 g/mol.